The molecular formula is C24H29N3O3S3. The van der Waals surface area contributed by atoms with Gasteiger partial charge < -0.3 is 10.1 Å². The average molecular weight is 504 g/mol. The van der Waals surface area contributed by atoms with Crippen LogP contribution in [-0.4, -0.2) is 34.7 Å². The Bertz CT molecular complexity index is 1220. The van der Waals surface area contributed by atoms with E-state index in [0.717, 1.165) is 45.6 Å². The zero-order valence-electron chi connectivity index (χ0n) is 19.8. The van der Waals surface area contributed by atoms with Crippen LogP contribution < -0.4 is 5.32 Å². The molecule has 1 amide bonds. The van der Waals surface area contributed by atoms with E-state index in [1.807, 2.05) is 0 Å². The SMILES string of the molecule is COC(=O)c1c(NC(=O)CSc2ncnc3sc(C)c(C)c23)sc2c1CCC(C(C)(C)C)C2. The Morgan fingerprint density at radius 3 is 2.70 bits per heavy atom. The number of ether oxygens (including phenoxy) is 1. The molecule has 4 rings (SSSR count). The molecule has 0 spiro atoms. The number of anilines is 1. The van der Waals surface area contributed by atoms with Crippen LogP contribution in [0.2, 0.25) is 0 Å². The van der Waals surface area contributed by atoms with Crippen molar-refractivity contribution in [1.82, 2.24) is 9.97 Å². The van der Waals surface area contributed by atoms with Crippen LogP contribution in [-0.2, 0) is 22.4 Å². The number of thiophene rings is 2. The molecule has 1 atom stereocenters. The van der Waals surface area contributed by atoms with Crippen molar-refractivity contribution in [1.29, 1.82) is 0 Å². The first-order chi connectivity index (χ1) is 15.6. The zero-order chi connectivity index (χ0) is 23.9. The van der Waals surface area contributed by atoms with Crippen molar-refractivity contribution in [3.63, 3.8) is 0 Å². The van der Waals surface area contributed by atoms with Crippen molar-refractivity contribution in [3.8, 4) is 0 Å². The second kappa shape index (κ2) is 9.35. The molecule has 176 valence electrons. The summed E-state index contributed by atoms with van der Waals surface area (Å²) in [7, 11) is 1.39. The van der Waals surface area contributed by atoms with E-state index in [1.54, 1.807) is 17.7 Å². The third-order valence-corrected chi connectivity index (χ3v) is 9.68. The van der Waals surface area contributed by atoms with E-state index < -0.39 is 0 Å². The molecule has 1 unspecified atom stereocenters. The number of fused-ring (bicyclic) bond motifs is 2. The number of nitrogens with one attached hydrogen (secondary N) is 1. The van der Waals surface area contributed by atoms with E-state index >= 15 is 0 Å². The number of thioether (sulfide) groups is 1. The highest BCUT2D eigenvalue weighted by atomic mass is 32.2. The van der Waals surface area contributed by atoms with Gasteiger partial charge in [-0.15, -0.1) is 22.7 Å². The molecular weight excluding hydrogens is 474 g/mol. The maximum atomic E-state index is 12.9. The molecule has 3 aromatic rings. The van der Waals surface area contributed by atoms with Gasteiger partial charge in [0.25, 0.3) is 0 Å². The molecule has 0 fully saturated rings. The molecule has 1 aliphatic carbocycles. The molecule has 6 nitrogen and oxygen atoms in total. The van der Waals surface area contributed by atoms with E-state index in [-0.39, 0.29) is 23.0 Å². The molecule has 0 saturated carbocycles. The third-order valence-electron chi connectivity index (χ3n) is 6.40. The number of nitrogens with zero attached hydrogens (tertiary/aromatic N) is 2. The van der Waals surface area contributed by atoms with Gasteiger partial charge in [-0.2, -0.15) is 0 Å². The number of carbonyl (C=O) groups excluding carboxylic acids is 2. The summed E-state index contributed by atoms with van der Waals surface area (Å²) in [6.07, 6.45) is 4.34. The van der Waals surface area contributed by atoms with Crippen molar-refractivity contribution in [2.45, 2.75) is 58.9 Å². The minimum atomic E-state index is -0.383. The van der Waals surface area contributed by atoms with Crippen LogP contribution >= 0.6 is 34.4 Å². The summed E-state index contributed by atoms with van der Waals surface area (Å²) in [4.78, 5) is 37.6. The van der Waals surface area contributed by atoms with Gasteiger partial charge in [0.15, 0.2) is 0 Å². The van der Waals surface area contributed by atoms with Gasteiger partial charge in [0, 0.05) is 15.1 Å². The lowest BCUT2D eigenvalue weighted by molar-refractivity contribution is -0.113. The fourth-order valence-electron chi connectivity index (χ4n) is 4.29. The molecule has 0 saturated heterocycles. The minimum absolute atomic E-state index is 0.160. The summed E-state index contributed by atoms with van der Waals surface area (Å²) in [5.74, 6) is 0.207. The van der Waals surface area contributed by atoms with Crippen molar-refractivity contribution >= 4 is 61.5 Å². The van der Waals surface area contributed by atoms with Crippen molar-refractivity contribution < 1.29 is 14.3 Å². The first kappa shape index (κ1) is 24.2. The van der Waals surface area contributed by atoms with Crippen molar-refractivity contribution in [2.75, 3.05) is 18.2 Å². The second-order valence-corrected chi connectivity index (χ2v) is 12.8. The molecule has 9 heteroatoms. The van der Waals surface area contributed by atoms with Crippen molar-refractivity contribution in [2.24, 2.45) is 11.3 Å². The van der Waals surface area contributed by atoms with Gasteiger partial charge in [0.05, 0.1) is 18.4 Å². The normalized spacial score (nSPS) is 16.0. The average Bonchev–Trinajstić information content (AvgIpc) is 3.27. The smallest absolute Gasteiger partial charge is 0.341 e. The molecule has 0 aromatic carbocycles. The van der Waals surface area contributed by atoms with Crippen LogP contribution in [0.4, 0.5) is 5.00 Å². The standard InChI is InChI=1S/C24H29N3O3S3/c1-12-13(2)32-21-18(12)20(25-11-26-21)31-10-17(28)27-22-19(23(29)30-6)15-8-7-14(24(3,4)5)9-16(15)33-22/h11,14H,7-10H2,1-6H3,(H,27,28). The summed E-state index contributed by atoms with van der Waals surface area (Å²) in [5.41, 5.74) is 2.92. The molecule has 33 heavy (non-hydrogen) atoms. The number of aryl methyl sites for hydroxylation is 2. The fourth-order valence-corrected chi connectivity index (χ4v) is 7.54. The fraction of sp³-hybridized carbons (Fsp3) is 0.500. The molecule has 0 bridgehead atoms. The molecule has 1 aliphatic rings. The topological polar surface area (TPSA) is 81.2 Å². The van der Waals surface area contributed by atoms with Gasteiger partial charge in [0.2, 0.25) is 5.91 Å². The van der Waals surface area contributed by atoms with Crippen LogP contribution in [0.15, 0.2) is 11.4 Å². The quantitative estimate of drug-likeness (QED) is 0.260. The van der Waals surface area contributed by atoms with Gasteiger partial charge in [-0.3, -0.25) is 4.79 Å². The Morgan fingerprint density at radius 2 is 2.00 bits per heavy atom. The lowest BCUT2D eigenvalue weighted by Gasteiger charge is -2.33. The maximum Gasteiger partial charge on any atom is 0.341 e. The van der Waals surface area contributed by atoms with Crippen LogP contribution in [0, 0.1) is 25.2 Å². The monoisotopic (exact) mass is 503 g/mol. The lowest BCUT2D eigenvalue weighted by atomic mass is 9.72. The Balaban J connectivity index is 1.54. The molecule has 3 aromatic heterocycles. The Kier molecular flexibility index (Phi) is 6.85. The van der Waals surface area contributed by atoms with E-state index in [0.29, 0.717) is 16.5 Å². The summed E-state index contributed by atoms with van der Waals surface area (Å²) >= 11 is 4.55. The van der Waals surface area contributed by atoms with E-state index in [1.165, 1.54) is 40.0 Å². The number of carbonyl (C=O) groups is 2. The first-order valence-electron chi connectivity index (χ1n) is 11.0. The van der Waals surface area contributed by atoms with Crippen LogP contribution in [0.3, 0.4) is 0 Å². The van der Waals surface area contributed by atoms with Gasteiger partial charge in [0.1, 0.15) is 21.2 Å². The molecule has 0 radical (unpaired) electrons. The largest absolute Gasteiger partial charge is 0.465 e. The summed E-state index contributed by atoms with van der Waals surface area (Å²) in [5, 5.41) is 5.42. The molecule has 1 N–H and O–H groups in total. The predicted molar refractivity (Wildman–Crippen MR) is 137 cm³/mol. The van der Waals surface area contributed by atoms with Crippen LogP contribution in [0.5, 0.6) is 0 Å². The van der Waals surface area contributed by atoms with E-state index in [2.05, 4.69) is 49.9 Å². The highest BCUT2D eigenvalue weighted by molar-refractivity contribution is 8.00. The Hall–Kier alpha value is -1.97. The molecule has 0 aliphatic heterocycles. The highest BCUT2D eigenvalue weighted by Crippen LogP contribution is 2.44. The number of aromatic nitrogens is 2. The number of hydrogen-bond donors (Lipinski definition) is 1. The Morgan fingerprint density at radius 1 is 1.24 bits per heavy atom. The highest BCUT2D eigenvalue weighted by Gasteiger charge is 2.34. The summed E-state index contributed by atoms with van der Waals surface area (Å²) in [6, 6.07) is 0. The number of hydrogen-bond acceptors (Lipinski definition) is 8. The molecule has 3 heterocycles. The van der Waals surface area contributed by atoms with Crippen molar-refractivity contribution in [3.05, 3.63) is 32.8 Å². The van der Waals surface area contributed by atoms with Crippen LogP contribution in [0.1, 0.15) is 58.4 Å². The van der Waals surface area contributed by atoms with E-state index in [9.17, 15) is 9.59 Å². The number of amides is 1. The summed E-state index contributed by atoms with van der Waals surface area (Å²) in [6.45, 7) is 10.9. The van der Waals surface area contributed by atoms with Gasteiger partial charge in [-0.05, 0) is 55.6 Å². The number of esters is 1. The Labute approximate surface area is 206 Å². The van der Waals surface area contributed by atoms with Crippen LogP contribution in [0.25, 0.3) is 10.2 Å². The maximum absolute atomic E-state index is 12.9. The van der Waals surface area contributed by atoms with Gasteiger partial charge in [-0.25, -0.2) is 14.8 Å². The van der Waals surface area contributed by atoms with Gasteiger partial charge in [-0.1, -0.05) is 32.5 Å². The minimum Gasteiger partial charge on any atom is -0.465 e. The number of rotatable bonds is 5. The third kappa shape index (κ3) is 4.81. The van der Waals surface area contributed by atoms with Gasteiger partial charge >= 0.3 is 5.97 Å². The number of methoxy groups -OCH3 is 1. The predicted octanol–water partition coefficient (Wildman–Crippen LogP) is 6.04. The lowest BCUT2D eigenvalue weighted by Crippen LogP contribution is -2.26. The zero-order valence-corrected chi connectivity index (χ0v) is 22.3. The summed E-state index contributed by atoms with van der Waals surface area (Å²) < 4.78 is 5.07. The van der Waals surface area contributed by atoms with E-state index in [4.69, 9.17) is 4.74 Å². The second-order valence-electron chi connectivity index (χ2n) is 9.48. The first-order valence-corrected chi connectivity index (χ1v) is 13.6.